The van der Waals surface area contributed by atoms with Crippen LogP contribution in [0.4, 0.5) is 0 Å². The van der Waals surface area contributed by atoms with Gasteiger partial charge in [0.05, 0.1) is 29.5 Å². The van der Waals surface area contributed by atoms with Crippen molar-refractivity contribution in [1.82, 2.24) is 8.75 Å². The number of hydrogen-bond donors (Lipinski definition) is 1. The van der Waals surface area contributed by atoms with Gasteiger partial charge in [0.1, 0.15) is 22.5 Å². The van der Waals surface area contributed by atoms with Crippen molar-refractivity contribution in [2.24, 2.45) is 0 Å². The molecule has 3 heterocycles. The minimum absolute atomic E-state index is 0.0257. The van der Waals surface area contributed by atoms with E-state index in [4.69, 9.17) is 18.2 Å². The molecule has 5 nitrogen and oxygen atoms in total. The maximum absolute atomic E-state index is 9.46. The molecule has 8 heteroatoms. The van der Waals surface area contributed by atoms with Gasteiger partial charge in [-0.2, -0.15) is 8.75 Å². The SMILES string of the molecule is OCc1ccc(Oc2c(Oc3ccccc3)c(-c3cccs3)c3nsnc3c2-c2cccs2)cc1. The average molecular weight is 515 g/mol. The van der Waals surface area contributed by atoms with Gasteiger partial charge >= 0.3 is 0 Å². The quantitative estimate of drug-likeness (QED) is 0.232. The molecule has 0 bridgehead atoms. The summed E-state index contributed by atoms with van der Waals surface area (Å²) < 4.78 is 22.6. The van der Waals surface area contributed by atoms with E-state index in [1.807, 2.05) is 77.5 Å². The molecule has 0 fully saturated rings. The molecule has 0 aliphatic carbocycles. The highest BCUT2D eigenvalue weighted by Gasteiger charge is 2.28. The first-order valence-electron chi connectivity index (χ1n) is 10.8. The molecule has 0 spiro atoms. The first-order valence-corrected chi connectivity index (χ1v) is 13.3. The number of hydrogen-bond acceptors (Lipinski definition) is 8. The molecule has 3 aromatic carbocycles. The Labute approximate surface area is 213 Å². The van der Waals surface area contributed by atoms with E-state index < -0.39 is 0 Å². The number of aliphatic hydroxyl groups is 1. The molecule has 35 heavy (non-hydrogen) atoms. The zero-order chi connectivity index (χ0) is 23.6. The van der Waals surface area contributed by atoms with Crippen molar-refractivity contribution in [3.8, 4) is 43.9 Å². The van der Waals surface area contributed by atoms with Gasteiger partial charge in [0.2, 0.25) is 0 Å². The lowest BCUT2D eigenvalue weighted by atomic mass is 10.0. The van der Waals surface area contributed by atoms with Crippen molar-refractivity contribution in [3.05, 3.63) is 95.2 Å². The minimum Gasteiger partial charge on any atom is -0.453 e. The van der Waals surface area contributed by atoms with E-state index in [0.29, 0.717) is 23.0 Å². The molecule has 0 amide bonds. The van der Waals surface area contributed by atoms with Crippen molar-refractivity contribution in [1.29, 1.82) is 0 Å². The lowest BCUT2D eigenvalue weighted by Gasteiger charge is -2.19. The molecule has 0 atom stereocenters. The summed E-state index contributed by atoms with van der Waals surface area (Å²) in [5, 5.41) is 13.5. The smallest absolute Gasteiger partial charge is 0.181 e. The Balaban J connectivity index is 1.66. The molecule has 0 aliphatic heterocycles. The number of rotatable bonds is 7. The molecule has 6 rings (SSSR count). The van der Waals surface area contributed by atoms with Gasteiger partial charge in [-0.05, 0) is 52.7 Å². The van der Waals surface area contributed by atoms with Crippen LogP contribution in [0.5, 0.6) is 23.0 Å². The molecule has 6 aromatic rings. The Morgan fingerprint density at radius 1 is 0.629 bits per heavy atom. The summed E-state index contributed by atoms with van der Waals surface area (Å²) in [4.78, 5) is 2.03. The third-order valence-electron chi connectivity index (χ3n) is 5.45. The molecule has 0 saturated heterocycles. The van der Waals surface area contributed by atoms with Crippen LogP contribution >= 0.6 is 34.4 Å². The Bertz CT molecular complexity index is 1560. The number of aromatic nitrogens is 2. The van der Waals surface area contributed by atoms with Crippen molar-refractivity contribution in [2.75, 3.05) is 0 Å². The molecule has 172 valence electrons. The molecular formula is C27H18N2O3S3. The average Bonchev–Trinajstić information content (AvgIpc) is 3.69. The number of para-hydroxylation sites is 1. The monoisotopic (exact) mass is 514 g/mol. The number of benzene rings is 3. The molecule has 0 unspecified atom stereocenters. The van der Waals surface area contributed by atoms with E-state index in [9.17, 15) is 5.11 Å². The largest absolute Gasteiger partial charge is 0.453 e. The Morgan fingerprint density at radius 2 is 1.17 bits per heavy atom. The summed E-state index contributed by atoms with van der Waals surface area (Å²) in [7, 11) is 0. The van der Waals surface area contributed by atoms with Crippen LogP contribution in [-0.2, 0) is 6.61 Å². The number of fused-ring (bicyclic) bond motifs is 1. The molecule has 0 aliphatic rings. The standard InChI is InChI=1S/C27H18N2O3S3/c30-16-17-10-12-19(13-11-17)32-27-23(21-9-5-15-34-21)25-24(28-35-29-25)22(20-8-4-14-33-20)26(27)31-18-6-2-1-3-7-18/h1-15,30H,16H2. The number of aliphatic hydroxyl groups excluding tert-OH is 1. The van der Waals surface area contributed by atoms with Crippen molar-refractivity contribution < 1.29 is 14.6 Å². The van der Waals surface area contributed by atoms with Crippen molar-refractivity contribution >= 4 is 45.4 Å². The first kappa shape index (κ1) is 21.9. The normalized spacial score (nSPS) is 11.1. The van der Waals surface area contributed by atoms with Crippen LogP contribution in [0, 0.1) is 0 Å². The lowest BCUT2D eigenvalue weighted by Crippen LogP contribution is -1.97. The summed E-state index contributed by atoms with van der Waals surface area (Å²) in [5.41, 5.74) is 4.09. The van der Waals surface area contributed by atoms with E-state index in [-0.39, 0.29) is 6.61 Å². The topological polar surface area (TPSA) is 64.5 Å². The highest BCUT2D eigenvalue weighted by Crippen LogP contribution is 2.54. The van der Waals surface area contributed by atoms with Crippen LogP contribution in [-0.4, -0.2) is 13.9 Å². The van der Waals surface area contributed by atoms with Gasteiger partial charge in [-0.25, -0.2) is 0 Å². The fraction of sp³-hybridized carbons (Fsp3) is 0.0370. The third kappa shape index (κ3) is 4.21. The molecule has 0 radical (unpaired) electrons. The maximum atomic E-state index is 9.46. The van der Waals surface area contributed by atoms with E-state index in [0.717, 1.165) is 37.5 Å². The summed E-state index contributed by atoms with van der Waals surface area (Å²) in [5.74, 6) is 2.51. The molecular weight excluding hydrogens is 497 g/mol. The van der Waals surface area contributed by atoms with Gasteiger partial charge in [-0.1, -0.05) is 42.5 Å². The zero-order valence-corrected chi connectivity index (χ0v) is 20.7. The van der Waals surface area contributed by atoms with Crippen LogP contribution in [0.3, 0.4) is 0 Å². The Morgan fingerprint density at radius 3 is 1.66 bits per heavy atom. The van der Waals surface area contributed by atoms with Crippen molar-refractivity contribution in [3.63, 3.8) is 0 Å². The van der Waals surface area contributed by atoms with Gasteiger partial charge in [0.15, 0.2) is 11.5 Å². The second-order valence-electron chi connectivity index (χ2n) is 7.64. The van der Waals surface area contributed by atoms with E-state index in [1.165, 1.54) is 11.7 Å². The summed E-state index contributed by atoms with van der Waals surface area (Å²) in [6.45, 7) is -0.0257. The van der Waals surface area contributed by atoms with Gasteiger partial charge in [-0.15, -0.1) is 22.7 Å². The number of nitrogens with zero attached hydrogens (tertiary/aromatic N) is 2. The summed E-state index contributed by atoms with van der Waals surface area (Å²) in [6, 6.07) is 25.2. The summed E-state index contributed by atoms with van der Waals surface area (Å²) in [6.07, 6.45) is 0. The van der Waals surface area contributed by atoms with Crippen LogP contribution in [0.1, 0.15) is 5.56 Å². The van der Waals surface area contributed by atoms with Crippen LogP contribution in [0.25, 0.3) is 31.9 Å². The summed E-state index contributed by atoms with van der Waals surface area (Å²) >= 11 is 4.41. The minimum atomic E-state index is -0.0257. The molecule has 3 aromatic heterocycles. The maximum Gasteiger partial charge on any atom is 0.181 e. The van der Waals surface area contributed by atoms with E-state index in [1.54, 1.807) is 22.7 Å². The predicted molar refractivity (Wildman–Crippen MR) is 143 cm³/mol. The second-order valence-corrected chi connectivity index (χ2v) is 10.1. The fourth-order valence-corrected chi connectivity index (χ4v) is 5.94. The lowest BCUT2D eigenvalue weighted by molar-refractivity contribution is 0.281. The van der Waals surface area contributed by atoms with Gasteiger partial charge in [0.25, 0.3) is 0 Å². The Hall–Kier alpha value is -3.56. The number of ether oxygens (including phenoxy) is 2. The van der Waals surface area contributed by atoms with E-state index in [2.05, 4.69) is 12.1 Å². The van der Waals surface area contributed by atoms with Gasteiger partial charge < -0.3 is 14.6 Å². The van der Waals surface area contributed by atoms with Crippen LogP contribution < -0.4 is 9.47 Å². The van der Waals surface area contributed by atoms with Gasteiger partial charge in [0, 0.05) is 9.75 Å². The fourth-order valence-electron chi connectivity index (χ4n) is 3.84. The molecule has 0 saturated carbocycles. The highest BCUT2D eigenvalue weighted by molar-refractivity contribution is 7.14. The molecule has 1 N–H and O–H groups in total. The Kier molecular flexibility index (Phi) is 6.01. The van der Waals surface area contributed by atoms with Gasteiger partial charge in [-0.3, -0.25) is 0 Å². The first-order chi connectivity index (χ1) is 17.3. The van der Waals surface area contributed by atoms with Crippen LogP contribution in [0.2, 0.25) is 0 Å². The van der Waals surface area contributed by atoms with Crippen LogP contribution in [0.15, 0.2) is 89.6 Å². The zero-order valence-electron chi connectivity index (χ0n) is 18.3. The van der Waals surface area contributed by atoms with Crippen molar-refractivity contribution in [2.45, 2.75) is 6.61 Å². The predicted octanol–water partition coefficient (Wildman–Crippen LogP) is 8.23. The third-order valence-corrected chi connectivity index (χ3v) is 7.75. The highest BCUT2D eigenvalue weighted by atomic mass is 32.1. The second kappa shape index (κ2) is 9.59. The van der Waals surface area contributed by atoms with E-state index >= 15 is 0 Å². The number of thiophene rings is 2.